The van der Waals surface area contributed by atoms with E-state index >= 15 is 0 Å². The van der Waals surface area contributed by atoms with Crippen LogP contribution < -0.4 is 0 Å². The van der Waals surface area contributed by atoms with Crippen LogP contribution in [0.4, 0.5) is 0 Å². The van der Waals surface area contributed by atoms with Crippen molar-refractivity contribution in [3.05, 3.63) is 35.9 Å². The first kappa shape index (κ1) is 14.8. The molecule has 1 saturated carbocycles. The lowest BCUT2D eigenvalue weighted by atomic mass is 9.90. The number of hydrogen-bond donors (Lipinski definition) is 0. The molecule has 0 atom stereocenters. The monoisotopic (exact) mass is 302 g/mol. The van der Waals surface area contributed by atoms with Gasteiger partial charge in [0.2, 0.25) is 9.05 Å². The van der Waals surface area contributed by atoms with Gasteiger partial charge in [0.15, 0.2) is 0 Å². The maximum Gasteiger partial charge on any atom is 0.233 e. The summed E-state index contributed by atoms with van der Waals surface area (Å²) in [6.07, 6.45) is 3.88. The Labute approximate surface area is 119 Å². The maximum absolute atomic E-state index is 11.3. The summed E-state index contributed by atoms with van der Waals surface area (Å²) < 4.78 is 28.4. The Balaban J connectivity index is 1.91. The van der Waals surface area contributed by atoms with Gasteiger partial charge < -0.3 is 4.74 Å². The first-order chi connectivity index (χ1) is 8.99. The zero-order valence-electron chi connectivity index (χ0n) is 10.8. The number of ether oxygens (including phenoxy) is 1. The molecule has 1 aliphatic rings. The van der Waals surface area contributed by atoms with Crippen molar-refractivity contribution < 1.29 is 13.2 Å². The summed E-state index contributed by atoms with van der Waals surface area (Å²) in [7, 11) is 1.95. The highest BCUT2D eigenvalue weighted by Crippen LogP contribution is 2.40. The number of halogens is 1. The van der Waals surface area contributed by atoms with E-state index in [-0.39, 0.29) is 11.2 Å². The lowest BCUT2D eigenvalue weighted by Gasteiger charge is -2.27. The van der Waals surface area contributed by atoms with Crippen molar-refractivity contribution >= 4 is 19.7 Å². The van der Waals surface area contributed by atoms with Gasteiger partial charge in [-0.1, -0.05) is 43.2 Å². The molecule has 0 N–H and O–H groups in total. The van der Waals surface area contributed by atoms with Crippen molar-refractivity contribution in [2.75, 3.05) is 12.4 Å². The molecule has 0 heterocycles. The quantitative estimate of drug-likeness (QED) is 0.757. The second kappa shape index (κ2) is 6.25. The normalized spacial score (nSPS) is 18.6. The van der Waals surface area contributed by atoms with Crippen LogP contribution in [-0.2, 0) is 20.4 Å². The summed E-state index contributed by atoms with van der Waals surface area (Å²) in [6.45, 7) is 0.985. The molecule has 1 aromatic rings. The molecule has 0 bridgehead atoms. The highest BCUT2D eigenvalue weighted by Gasteiger charge is 2.38. The highest BCUT2D eigenvalue weighted by atomic mass is 35.7. The Morgan fingerprint density at radius 3 is 2.37 bits per heavy atom. The molecule has 106 valence electrons. The van der Waals surface area contributed by atoms with Gasteiger partial charge in [0.25, 0.3) is 0 Å². The second-order valence-electron chi connectivity index (χ2n) is 5.37. The number of benzene rings is 1. The summed E-state index contributed by atoms with van der Waals surface area (Å²) in [5, 5.41) is 0. The van der Waals surface area contributed by atoms with E-state index in [1.54, 1.807) is 0 Å². The first-order valence-electron chi connectivity index (χ1n) is 6.53. The number of rotatable bonds is 6. The molecule has 19 heavy (non-hydrogen) atoms. The van der Waals surface area contributed by atoms with Crippen LogP contribution in [-0.4, -0.2) is 20.8 Å². The molecule has 0 amide bonds. The average molecular weight is 303 g/mol. The van der Waals surface area contributed by atoms with Gasteiger partial charge >= 0.3 is 0 Å². The first-order valence-corrected chi connectivity index (χ1v) is 9.01. The fourth-order valence-corrected chi connectivity index (χ4v) is 4.58. The van der Waals surface area contributed by atoms with Gasteiger partial charge in [-0.15, -0.1) is 0 Å². The zero-order valence-corrected chi connectivity index (χ0v) is 12.4. The van der Waals surface area contributed by atoms with Crippen molar-refractivity contribution in [1.29, 1.82) is 0 Å². The molecule has 0 radical (unpaired) electrons. The molecular formula is C14H19ClO3S. The van der Waals surface area contributed by atoms with Gasteiger partial charge in [-0.05, 0) is 18.4 Å². The van der Waals surface area contributed by atoms with Gasteiger partial charge in [0.1, 0.15) is 0 Å². The van der Waals surface area contributed by atoms with Gasteiger partial charge in [0, 0.05) is 16.1 Å². The molecule has 0 aliphatic heterocycles. The van der Waals surface area contributed by atoms with E-state index in [4.69, 9.17) is 15.4 Å². The van der Waals surface area contributed by atoms with Crippen molar-refractivity contribution in [1.82, 2.24) is 0 Å². The minimum Gasteiger partial charge on any atom is -0.376 e. The van der Waals surface area contributed by atoms with Crippen LogP contribution in [0.1, 0.15) is 31.2 Å². The van der Waals surface area contributed by atoms with E-state index in [2.05, 4.69) is 0 Å². The molecule has 2 rings (SSSR count). The van der Waals surface area contributed by atoms with Crippen LogP contribution in [0.5, 0.6) is 0 Å². The predicted octanol–water partition coefficient (Wildman–Crippen LogP) is 3.33. The van der Waals surface area contributed by atoms with Crippen LogP contribution >= 0.6 is 10.7 Å². The molecule has 0 aromatic heterocycles. The van der Waals surface area contributed by atoms with Gasteiger partial charge in [0.05, 0.1) is 19.0 Å². The summed E-state index contributed by atoms with van der Waals surface area (Å²) in [5.74, 6) is 0.0242. The van der Waals surface area contributed by atoms with Crippen LogP contribution in [0.25, 0.3) is 0 Å². The van der Waals surface area contributed by atoms with E-state index in [1.165, 1.54) is 0 Å². The standard InChI is InChI=1S/C14H19ClO3S/c15-19(16,17)12-14(8-4-5-9-14)11-18-10-13-6-2-1-3-7-13/h1-3,6-7H,4-5,8-12H2. The summed E-state index contributed by atoms with van der Waals surface area (Å²) >= 11 is 0. The second-order valence-corrected chi connectivity index (χ2v) is 8.15. The molecule has 0 unspecified atom stereocenters. The van der Waals surface area contributed by atoms with E-state index in [0.29, 0.717) is 13.2 Å². The minimum atomic E-state index is -3.47. The third kappa shape index (κ3) is 4.79. The molecule has 3 nitrogen and oxygen atoms in total. The van der Waals surface area contributed by atoms with E-state index in [1.807, 2.05) is 30.3 Å². The Morgan fingerprint density at radius 2 is 1.79 bits per heavy atom. The van der Waals surface area contributed by atoms with Crippen molar-refractivity contribution in [3.8, 4) is 0 Å². The topological polar surface area (TPSA) is 43.4 Å². The Kier molecular flexibility index (Phi) is 4.87. The van der Waals surface area contributed by atoms with Crippen LogP contribution in [0.3, 0.4) is 0 Å². The Morgan fingerprint density at radius 1 is 1.16 bits per heavy atom. The van der Waals surface area contributed by atoms with Crippen LogP contribution in [0, 0.1) is 5.41 Å². The van der Waals surface area contributed by atoms with E-state index < -0.39 is 9.05 Å². The highest BCUT2D eigenvalue weighted by molar-refractivity contribution is 8.13. The maximum atomic E-state index is 11.3. The summed E-state index contributed by atoms with van der Waals surface area (Å²) in [4.78, 5) is 0. The molecule has 0 spiro atoms. The van der Waals surface area contributed by atoms with Gasteiger partial charge in [-0.2, -0.15) is 0 Å². The fourth-order valence-electron chi connectivity index (χ4n) is 2.78. The van der Waals surface area contributed by atoms with Crippen molar-refractivity contribution in [3.63, 3.8) is 0 Å². The van der Waals surface area contributed by atoms with Crippen molar-refractivity contribution in [2.24, 2.45) is 5.41 Å². The van der Waals surface area contributed by atoms with Crippen molar-refractivity contribution in [2.45, 2.75) is 32.3 Å². The summed E-state index contributed by atoms with van der Waals surface area (Å²) in [6, 6.07) is 9.89. The largest absolute Gasteiger partial charge is 0.376 e. The summed E-state index contributed by atoms with van der Waals surface area (Å²) in [5.41, 5.74) is 0.819. The van der Waals surface area contributed by atoms with E-state index in [9.17, 15) is 8.42 Å². The molecular weight excluding hydrogens is 284 g/mol. The SMILES string of the molecule is O=S(=O)(Cl)CC1(COCc2ccccc2)CCCC1. The number of hydrogen-bond acceptors (Lipinski definition) is 3. The fraction of sp³-hybridized carbons (Fsp3) is 0.571. The Hall–Kier alpha value is -0.580. The smallest absolute Gasteiger partial charge is 0.233 e. The zero-order chi connectivity index (χ0) is 13.8. The van der Waals surface area contributed by atoms with E-state index in [0.717, 1.165) is 31.2 Å². The molecule has 5 heteroatoms. The van der Waals surface area contributed by atoms with Gasteiger partial charge in [-0.25, -0.2) is 8.42 Å². The predicted molar refractivity (Wildman–Crippen MR) is 76.6 cm³/mol. The Bertz CT molecular complexity index is 493. The molecule has 0 saturated heterocycles. The lowest BCUT2D eigenvalue weighted by molar-refractivity contribution is 0.0474. The molecule has 1 aromatic carbocycles. The lowest BCUT2D eigenvalue weighted by Crippen LogP contribution is -2.30. The average Bonchev–Trinajstić information content (AvgIpc) is 2.77. The molecule has 1 fully saturated rings. The molecule has 1 aliphatic carbocycles. The van der Waals surface area contributed by atoms with Crippen LogP contribution in [0.15, 0.2) is 30.3 Å². The van der Waals surface area contributed by atoms with Crippen LogP contribution in [0.2, 0.25) is 0 Å². The minimum absolute atomic E-state index is 0.0242. The third-order valence-electron chi connectivity index (χ3n) is 3.66. The van der Waals surface area contributed by atoms with Gasteiger partial charge in [-0.3, -0.25) is 0 Å². The third-order valence-corrected chi connectivity index (χ3v) is 4.95.